The van der Waals surface area contributed by atoms with E-state index in [9.17, 15) is 18.0 Å². The first-order chi connectivity index (χ1) is 6.71. The van der Waals surface area contributed by atoms with Crippen molar-refractivity contribution in [3.8, 4) is 0 Å². The van der Waals surface area contributed by atoms with Crippen molar-refractivity contribution in [1.82, 2.24) is 0 Å². The summed E-state index contributed by atoms with van der Waals surface area (Å²) in [5, 5.41) is 9.14. The fourth-order valence-corrected chi connectivity index (χ4v) is 1.79. The van der Waals surface area contributed by atoms with Crippen molar-refractivity contribution in [3.05, 3.63) is 0 Å². The first-order valence-corrected chi connectivity index (χ1v) is 5.04. The smallest absolute Gasteiger partial charge is 0.380 e. The van der Waals surface area contributed by atoms with Gasteiger partial charge in [-0.1, -0.05) is 13.8 Å². The number of ketones is 1. The van der Waals surface area contributed by atoms with E-state index in [1.54, 1.807) is 6.92 Å². The number of carbonyl (C=O) groups is 1. The molecule has 1 aliphatic rings. The zero-order valence-electron chi connectivity index (χ0n) is 8.77. The minimum Gasteiger partial charge on any atom is -0.380 e. The Kier molecular flexibility index (Phi) is 3.14. The molecule has 1 unspecified atom stereocenters. The number of hydrogen-bond acceptors (Lipinski definition) is 2. The number of rotatable bonds is 3. The summed E-state index contributed by atoms with van der Waals surface area (Å²) in [6.45, 7) is 3.52. The van der Waals surface area contributed by atoms with E-state index in [0.717, 1.165) is 0 Å². The van der Waals surface area contributed by atoms with Gasteiger partial charge in [0.05, 0.1) is 0 Å². The molecule has 0 amide bonds. The van der Waals surface area contributed by atoms with Crippen LogP contribution in [0, 0.1) is 11.8 Å². The lowest BCUT2D eigenvalue weighted by molar-refractivity contribution is -0.296. The van der Waals surface area contributed by atoms with E-state index in [1.807, 2.05) is 6.92 Å². The summed E-state index contributed by atoms with van der Waals surface area (Å²) >= 11 is 0. The molecule has 1 rings (SSSR count). The van der Waals surface area contributed by atoms with E-state index in [0.29, 0.717) is 6.42 Å². The third-order valence-electron chi connectivity index (χ3n) is 3.20. The Morgan fingerprint density at radius 3 is 2.33 bits per heavy atom. The molecule has 0 saturated heterocycles. The third-order valence-corrected chi connectivity index (χ3v) is 3.20. The Balaban J connectivity index is 2.54. The molecule has 1 fully saturated rings. The molecule has 2 nitrogen and oxygen atoms in total. The second-order valence-corrected chi connectivity index (χ2v) is 4.35. The molecule has 1 atom stereocenters. The molecule has 0 aromatic carbocycles. The summed E-state index contributed by atoms with van der Waals surface area (Å²) in [5.41, 5.74) is -2.62. The van der Waals surface area contributed by atoms with Crippen molar-refractivity contribution < 1.29 is 23.1 Å². The van der Waals surface area contributed by atoms with Crippen LogP contribution in [0.25, 0.3) is 0 Å². The highest BCUT2D eigenvalue weighted by Crippen LogP contribution is 2.49. The lowest BCUT2D eigenvalue weighted by Crippen LogP contribution is -2.57. The molecular formula is C10H15F3O2. The van der Waals surface area contributed by atoms with Crippen LogP contribution < -0.4 is 0 Å². The molecule has 1 saturated carbocycles. The van der Waals surface area contributed by atoms with E-state index in [4.69, 9.17) is 5.11 Å². The van der Waals surface area contributed by atoms with Crippen molar-refractivity contribution in [2.24, 2.45) is 11.8 Å². The average molecular weight is 224 g/mol. The SMILES string of the molecule is CCC(C)C(=O)C1CC(O)(C(F)(F)F)C1. The van der Waals surface area contributed by atoms with E-state index in [1.165, 1.54) is 0 Å². The predicted octanol–water partition coefficient (Wildman–Crippen LogP) is 2.31. The van der Waals surface area contributed by atoms with Crippen LogP contribution in [0.4, 0.5) is 13.2 Å². The first-order valence-electron chi connectivity index (χ1n) is 5.04. The molecule has 0 spiro atoms. The quantitative estimate of drug-likeness (QED) is 0.798. The topological polar surface area (TPSA) is 37.3 Å². The molecule has 0 aliphatic heterocycles. The summed E-state index contributed by atoms with van der Waals surface area (Å²) in [5.74, 6) is -0.995. The zero-order valence-corrected chi connectivity index (χ0v) is 8.77. The second-order valence-electron chi connectivity index (χ2n) is 4.35. The number of carbonyl (C=O) groups excluding carboxylic acids is 1. The maximum atomic E-state index is 12.2. The van der Waals surface area contributed by atoms with Crippen molar-refractivity contribution >= 4 is 5.78 Å². The van der Waals surface area contributed by atoms with E-state index in [-0.39, 0.29) is 11.7 Å². The average Bonchev–Trinajstić information content (AvgIpc) is 2.08. The fraction of sp³-hybridized carbons (Fsp3) is 0.900. The highest BCUT2D eigenvalue weighted by Gasteiger charge is 2.62. The van der Waals surface area contributed by atoms with Gasteiger partial charge >= 0.3 is 6.18 Å². The third kappa shape index (κ3) is 2.17. The number of aliphatic hydroxyl groups is 1. The minimum absolute atomic E-state index is 0.161. The van der Waals surface area contributed by atoms with Gasteiger partial charge in [-0.2, -0.15) is 13.2 Å². The summed E-state index contributed by atoms with van der Waals surface area (Å²) in [6, 6.07) is 0. The Labute approximate surface area is 86.5 Å². The first kappa shape index (κ1) is 12.5. The zero-order chi connectivity index (χ0) is 11.9. The normalized spacial score (nSPS) is 33.3. The maximum absolute atomic E-state index is 12.2. The lowest BCUT2D eigenvalue weighted by atomic mass is 9.66. The molecule has 1 aliphatic carbocycles. The number of Topliss-reactive ketones (excluding diaryl/α,β-unsaturated/α-hetero) is 1. The Hall–Kier alpha value is -0.580. The van der Waals surface area contributed by atoms with Gasteiger partial charge in [0.2, 0.25) is 0 Å². The van der Waals surface area contributed by atoms with Gasteiger partial charge in [-0.3, -0.25) is 4.79 Å². The number of alkyl halides is 3. The summed E-state index contributed by atoms with van der Waals surface area (Å²) < 4.78 is 36.7. The lowest BCUT2D eigenvalue weighted by Gasteiger charge is -2.44. The molecule has 15 heavy (non-hydrogen) atoms. The van der Waals surface area contributed by atoms with Crippen LogP contribution in [0.2, 0.25) is 0 Å². The van der Waals surface area contributed by atoms with Gasteiger partial charge in [-0.25, -0.2) is 0 Å². The van der Waals surface area contributed by atoms with Gasteiger partial charge in [0.15, 0.2) is 5.60 Å². The van der Waals surface area contributed by atoms with Crippen LogP contribution in [-0.4, -0.2) is 22.7 Å². The molecule has 0 radical (unpaired) electrons. The Morgan fingerprint density at radius 1 is 1.53 bits per heavy atom. The van der Waals surface area contributed by atoms with Crippen LogP contribution in [0.15, 0.2) is 0 Å². The van der Waals surface area contributed by atoms with Crippen molar-refractivity contribution in [3.63, 3.8) is 0 Å². The van der Waals surface area contributed by atoms with Gasteiger partial charge in [0.25, 0.3) is 0 Å². The summed E-state index contributed by atoms with van der Waals surface area (Å²) in [4.78, 5) is 11.5. The molecule has 0 bridgehead atoms. The van der Waals surface area contributed by atoms with Crippen LogP contribution in [0.3, 0.4) is 0 Å². The van der Waals surface area contributed by atoms with Gasteiger partial charge in [0.1, 0.15) is 5.78 Å². The van der Waals surface area contributed by atoms with Gasteiger partial charge < -0.3 is 5.11 Å². The van der Waals surface area contributed by atoms with Crippen LogP contribution in [0.5, 0.6) is 0 Å². The molecule has 0 heterocycles. The predicted molar refractivity (Wildman–Crippen MR) is 48.2 cm³/mol. The largest absolute Gasteiger partial charge is 0.417 e. The maximum Gasteiger partial charge on any atom is 0.417 e. The van der Waals surface area contributed by atoms with E-state index < -0.39 is 30.5 Å². The molecule has 5 heteroatoms. The summed E-state index contributed by atoms with van der Waals surface area (Å²) in [6.07, 6.45) is -4.93. The Bertz CT molecular complexity index is 254. The molecule has 1 N–H and O–H groups in total. The fourth-order valence-electron chi connectivity index (χ4n) is 1.79. The van der Waals surface area contributed by atoms with Crippen LogP contribution >= 0.6 is 0 Å². The van der Waals surface area contributed by atoms with Crippen molar-refractivity contribution in [2.75, 3.05) is 0 Å². The number of halogens is 3. The minimum atomic E-state index is -4.61. The molecule has 88 valence electrons. The number of hydrogen-bond donors (Lipinski definition) is 1. The van der Waals surface area contributed by atoms with E-state index in [2.05, 4.69) is 0 Å². The molecule has 0 aromatic rings. The second kappa shape index (κ2) is 3.77. The van der Waals surface area contributed by atoms with Crippen molar-refractivity contribution in [2.45, 2.75) is 44.9 Å². The highest BCUT2D eigenvalue weighted by molar-refractivity contribution is 5.84. The van der Waals surface area contributed by atoms with Crippen LogP contribution in [-0.2, 0) is 4.79 Å². The monoisotopic (exact) mass is 224 g/mol. The van der Waals surface area contributed by atoms with Gasteiger partial charge in [0, 0.05) is 11.8 Å². The highest BCUT2D eigenvalue weighted by atomic mass is 19.4. The van der Waals surface area contributed by atoms with E-state index >= 15 is 0 Å². The molecular weight excluding hydrogens is 209 g/mol. The molecule has 0 aromatic heterocycles. The van der Waals surface area contributed by atoms with Crippen molar-refractivity contribution in [1.29, 1.82) is 0 Å². The van der Waals surface area contributed by atoms with Gasteiger partial charge in [-0.05, 0) is 19.3 Å². The summed E-state index contributed by atoms with van der Waals surface area (Å²) in [7, 11) is 0. The standard InChI is InChI=1S/C10H15F3O2/c1-3-6(2)8(14)7-4-9(15,5-7)10(11,12)13/h6-7,15H,3-5H2,1-2H3. The van der Waals surface area contributed by atoms with Gasteiger partial charge in [-0.15, -0.1) is 0 Å². The van der Waals surface area contributed by atoms with Crippen LogP contribution in [0.1, 0.15) is 33.1 Å². The Morgan fingerprint density at radius 2 is 2.00 bits per heavy atom.